The Morgan fingerprint density at radius 3 is 1.94 bits per heavy atom. The fourth-order valence-corrected chi connectivity index (χ4v) is 15.4. The fourth-order valence-electron chi connectivity index (χ4n) is 15.4. The molecule has 3 aliphatic heterocycles. The lowest BCUT2D eigenvalue weighted by Gasteiger charge is -2.70. The fraction of sp³-hybridized carbons (Fsp3) is 0.907. The van der Waals surface area contributed by atoms with E-state index >= 15 is 0 Å². The molecule has 0 radical (unpaired) electrons. The number of rotatable bonds is 17. The summed E-state index contributed by atoms with van der Waals surface area (Å²) in [6.07, 6.45) is -26.0. The molecular formula is C54H88O25. The van der Waals surface area contributed by atoms with E-state index in [2.05, 4.69) is 32.9 Å². The molecule has 3 saturated heterocycles. The van der Waals surface area contributed by atoms with Crippen LogP contribution in [0.4, 0.5) is 0 Å². The lowest BCUT2D eigenvalue weighted by molar-refractivity contribution is -0.367. The van der Waals surface area contributed by atoms with Gasteiger partial charge in [0.05, 0.1) is 56.8 Å². The van der Waals surface area contributed by atoms with Gasteiger partial charge in [-0.25, -0.2) is 0 Å². The van der Waals surface area contributed by atoms with Gasteiger partial charge in [-0.15, -0.1) is 0 Å². The average molecular weight is 1140 g/mol. The van der Waals surface area contributed by atoms with E-state index in [1.807, 2.05) is 6.92 Å². The summed E-state index contributed by atoms with van der Waals surface area (Å²) in [5, 5.41) is 181. The first-order valence-corrected chi connectivity index (χ1v) is 27.8. The number of allylic oxidation sites excluding steroid dienone is 3. The first-order valence-electron chi connectivity index (χ1n) is 27.8. The molecule has 0 aromatic heterocycles. The van der Waals surface area contributed by atoms with Crippen molar-refractivity contribution in [1.29, 1.82) is 0 Å². The molecule has 0 spiro atoms. The molecule has 8 rings (SSSR count). The SMILES string of the molecule is CC1OC(OC2CCC3(C)C(CCC4(C)C3C=CC3=C5CC(C)(C(=O)OCC6OC(OCC(O)C(O)C(O)C(O)CO)C(O)C(O)C6O)CCC5(CO)C(O)CC34C)C2(C)CO)C(O)C(OC2OC(CO)C(O)C(O)C2O)C1O. The van der Waals surface area contributed by atoms with Gasteiger partial charge in [0.2, 0.25) is 0 Å². The molecule has 0 aromatic rings. The average Bonchev–Trinajstić information content (AvgIpc) is 2.62. The first kappa shape index (κ1) is 63.1. The molecule has 25 heteroatoms. The molecular weight excluding hydrogens is 1050 g/mol. The molecule has 0 bridgehead atoms. The van der Waals surface area contributed by atoms with Gasteiger partial charge >= 0.3 is 5.97 Å². The Kier molecular flexibility index (Phi) is 18.7. The van der Waals surface area contributed by atoms with Crippen LogP contribution in [0.3, 0.4) is 0 Å². The Bertz CT molecular complexity index is 2190. The highest BCUT2D eigenvalue weighted by atomic mass is 16.7. The molecule has 5 aliphatic carbocycles. The zero-order valence-electron chi connectivity index (χ0n) is 45.7. The van der Waals surface area contributed by atoms with Gasteiger partial charge in [-0.2, -0.15) is 0 Å². The molecule has 79 heavy (non-hydrogen) atoms. The van der Waals surface area contributed by atoms with Crippen LogP contribution in [0.15, 0.2) is 23.3 Å². The van der Waals surface area contributed by atoms with E-state index in [0.717, 1.165) is 11.1 Å². The third kappa shape index (κ3) is 10.5. The quantitative estimate of drug-likeness (QED) is 0.0482. The number of fused-ring (bicyclic) bond motifs is 6. The number of esters is 1. The topological polar surface area (TPSA) is 426 Å². The van der Waals surface area contributed by atoms with Crippen molar-refractivity contribution in [2.45, 2.75) is 222 Å². The van der Waals surface area contributed by atoms with Crippen molar-refractivity contribution in [1.82, 2.24) is 0 Å². The van der Waals surface area contributed by atoms with E-state index in [9.17, 15) is 86.5 Å². The summed E-state index contributed by atoms with van der Waals surface area (Å²) >= 11 is 0. The van der Waals surface area contributed by atoms with Gasteiger partial charge in [-0.1, -0.05) is 45.4 Å². The minimum atomic E-state index is -2.00. The van der Waals surface area contributed by atoms with E-state index in [-0.39, 0.29) is 37.7 Å². The second-order valence-electron chi connectivity index (χ2n) is 25.4. The molecule has 0 aromatic carbocycles. The second kappa shape index (κ2) is 23.5. The maximum atomic E-state index is 14.4. The van der Waals surface area contributed by atoms with Crippen molar-refractivity contribution in [3.8, 4) is 0 Å². The first-order chi connectivity index (χ1) is 37.0. The normalized spacial score (nSPS) is 50.5. The van der Waals surface area contributed by atoms with E-state index in [1.165, 1.54) is 6.92 Å². The minimum absolute atomic E-state index is 0.0817. The van der Waals surface area contributed by atoms with Crippen LogP contribution in [0.25, 0.3) is 0 Å². The van der Waals surface area contributed by atoms with Crippen molar-refractivity contribution < 1.29 is 125 Å². The molecule has 0 amide bonds. The summed E-state index contributed by atoms with van der Waals surface area (Å²) < 4.78 is 41.0. The van der Waals surface area contributed by atoms with Crippen LogP contribution in [-0.2, 0) is 38.0 Å². The van der Waals surface area contributed by atoms with Crippen molar-refractivity contribution >= 4 is 5.97 Å². The van der Waals surface area contributed by atoms with Gasteiger partial charge in [0, 0.05) is 16.2 Å². The summed E-state index contributed by atoms with van der Waals surface area (Å²) in [4.78, 5) is 14.4. The van der Waals surface area contributed by atoms with Gasteiger partial charge in [0.1, 0.15) is 98.2 Å². The maximum Gasteiger partial charge on any atom is 0.312 e. The van der Waals surface area contributed by atoms with Crippen LogP contribution >= 0.6 is 0 Å². The molecule has 6 fully saturated rings. The number of aliphatic hydroxyl groups excluding tert-OH is 17. The molecule has 3 saturated carbocycles. The zero-order valence-corrected chi connectivity index (χ0v) is 45.7. The summed E-state index contributed by atoms with van der Waals surface area (Å²) in [5.41, 5.74) is -3.33. The lowest BCUT2D eigenvalue weighted by Crippen LogP contribution is -2.67. The summed E-state index contributed by atoms with van der Waals surface area (Å²) in [6.45, 7) is 7.99. The molecule has 25 nitrogen and oxygen atoms in total. The number of hydrogen-bond donors (Lipinski definition) is 17. The molecule has 454 valence electrons. The van der Waals surface area contributed by atoms with Crippen LogP contribution < -0.4 is 0 Å². The Morgan fingerprint density at radius 2 is 1.30 bits per heavy atom. The van der Waals surface area contributed by atoms with E-state index in [4.69, 9.17) is 38.3 Å². The number of carbonyl (C=O) groups is 1. The van der Waals surface area contributed by atoms with Crippen LogP contribution in [-0.4, -0.2) is 261 Å². The Morgan fingerprint density at radius 1 is 0.684 bits per heavy atom. The lowest BCUT2D eigenvalue weighted by atomic mass is 9.35. The highest BCUT2D eigenvalue weighted by Gasteiger charge is 2.69. The largest absolute Gasteiger partial charge is 0.462 e. The van der Waals surface area contributed by atoms with E-state index < -0.39 is 200 Å². The minimum Gasteiger partial charge on any atom is -0.462 e. The van der Waals surface area contributed by atoms with E-state index in [1.54, 1.807) is 6.92 Å². The van der Waals surface area contributed by atoms with Crippen LogP contribution in [0, 0.1) is 44.3 Å². The monoisotopic (exact) mass is 1140 g/mol. The number of carbonyl (C=O) groups excluding carboxylic acids is 1. The van der Waals surface area contributed by atoms with Crippen molar-refractivity contribution in [2.24, 2.45) is 44.3 Å². The van der Waals surface area contributed by atoms with Gasteiger partial charge in [0.15, 0.2) is 18.9 Å². The number of hydrogen-bond acceptors (Lipinski definition) is 25. The Hall–Kier alpha value is -1.97. The summed E-state index contributed by atoms with van der Waals surface area (Å²) in [6, 6.07) is 0. The van der Waals surface area contributed by atoms with Gasteiger partial charge in [-0.05, 0) is 93.5 Å². The maximum absolute atomic E-state index is 14.4. The highest BCUT2D eigenvalue weighted by Crippen LogP contribution is 2.74. The van der Waals surface area contributed by atoms with Gasteiger partial charge < -0.3 is 120 Å². The van der Waals surface area contributed by atoms with Gasteiger partial charge in [-0.3, -0.25) is 4.79 Å². The summed E-state index contributed by atoms with van der Waals surface area (Å²) in [7, 11) is 0. The molecule has 29 atom stereocenters. The van der Waals surface area contributed by atoms with Crippen LogP contribution in [0.1, 0.15) is 92.9 Å². The predicted octanol–water partition coefficient (Wildman–Crippen LogP) is -4.54. The molecule has 3 heterocycles. The zero-order chi connectivity index (χ0) is 58.3. The molecule has 17 N–H and O–H groups in total. The standard InChI is InChI=1S/C54H88O25/c1-23-34(62)44(79-46-42(70)39(67)37(65)28(18-56)76-46)43(71)47(75-23)78-33-10-11-50(3)30(51(33,4)21-57)9-12-52(5)31(50)8-7-24-25-15-49(2,13-14-54(25,22-58)32(61)16-53(24,52)6)48(72)74-20-29-38(66)40(68)41(69)45(77-29)73-19-27(60)36(64)35(63)26(59)17-55/h7-8,23,26-47,55-71H,9-22H2,1-6H3. The molecule has 8 aliphatic rings. The van der Waals surface area contributed by atoms with Crippen LogP contribution in [0.2, 0.25) is 0 Å². The van der Waals surface area contributed by atoms with Gasteiger partial charge in [0.25, 0.3) is 0 Å². The smallest absolute Gasteiger partial charge is 0.312 e. The third-order valence-electron chi connectivity index (χ3n) is 20.9. The third-order valence-corrected chi connectivity index (χ3v) is 20.9. The summed E-state index contributed by atoms with van der Waals surface area (Å²) in [5.74, 6) is -0.999. The second-order valence-corrected chi connectivity index (χ2v) is 25.4. The predicted molar refractivity (Wildman–Crippen MR) is 268 cm³/mol. The number of ether oxygens (including phenoxy) is 7. The Labute approximate surface area is 458 Å². The van der Waals surface area contributed by atoms with Crippen molar-refractivity contribution in [2.75, 3.05) is 39.6 Å². The van der Waals surface area contributed by atoms with Crippen LogP contribution in [0.5, 0.6) is 0 Å². The Balaban J connectivity index is 0.991. The van der Waals surface area contributed by atoms with E-state index in [0.29, 0.717) is 32.1 Å². The van der Waals surface area contributed by atoms with Crippen molar-refractivity contribution in [3.63, 3.8) is 0 Å². The van der Waals surface area contributed by atoms with Crippen molar-refractivity contribution in [3.05, 3.63) is 23.3 Å². The highest BCUT2D eigenvalue weighted by molar-refractivity contribution is 5.77. The molecule has 29 unspecified atom stereocenters. The number of aliphatic hydroxyl groups is 17.